The molecular weight excluding hydrogens is 235 g/mol. The number of thiol groups is 1. The highest BCUT2D eigenvalue weighted by Gasteiger charge is 2.21. The number of benzene rings is 1. The number of aliphatic hydroxyl groups is 2. The summed E-state index contributed by atoms with van der Waals surface area (Å²) in [5.41, 5.74) is -0.400. The van der Waals surface area contributed by atoms with Gasteiger partial charge in [-0.25, -0.2) is 9.18 Å². The molecule has 0 bridgehead atoms. The summed E-state index contributed by atoms with van der Waals surface area (Å²) in [6.07, 6.45) is -2.74. The maximum absolute atomic E-state index is 13.3. The third-order valence-electron chi connectivity index (χ3n) is 2.11. The summed E-state index contributed by atoms with van der Waals surface area (Å²) >= 11 is 3.76. The fraction of sp³-hybridized carbons (Fsp3) is 0.300. The molecule has 1 aromatic rings. The molecule has 2 unspecified atom stereocenters. The van der Waals surface area contributed by atoms with E-state index in [2.05, 4.69) is 12.6 Å². The number of rotatable bonds is 4. The quantitative estimate of drug-likeness (QED) is 0.594. The first-order valence-corrected chi connectivity index (χ1v) is 5.10. The molecule has 0 aliphatic rings. The van der Waals surface area contributed by atoms with Gasteiger partial charge in [-0.3, -0.25) is 0 Å². The molecule has 0 fully saturated rings. The third kappa shape index (κ3) is 2.72. The predicted octanol–water partition coefficient (Wildman–Crippen LogP) is 0.848. The van der Waals surface area contributed by atoms with Gasteiger partial charge in [-0.15, -0.1) is 0 Å². The monoisotopic (exact) mass is 246 g/mol. The summed E-state index contributed by atoms with van der Waals surface area (Å²) in [4.78, 5) is 10.6. The van der Waals surface area contributed by atoms with Crippen molar-refractivity contribution in [2.24, 2.45) is 0 Å². The average Bonchev–Trinajstić information content (AvgIpc) is 2.27. The molecule has 16 heavy (non-hydrogen) atoms. The summed E-state index contributed by atoms with van der Waals surface area (Å²) in [6, 6.07) is 3.02. The highest BCUT2D eigenvalue weighted by atomic mass is 32.1. The van der Waals surface area contributed by atoms with E-state index in [9.17, 15) is 19.4 Å². The van der Waals surface area contributed by atoms with E-state index in [1.165, 1.54) is 0 Å². The SMILES string of the molecule is O=C(O)c1ccc(F)c(C(O)C(O)CS)c1. The van der Waals surface area contributed by atoms with E-state index < -0.39 is 24.0 Å². The average molecular weight is 246 g/mol. The zero-order chi connectivity index (χ0) is 12.3. The van der Waals surface area contributed by atoms with Crippen molar-refractivity contribution in [3.05, 3.63) is 35.1 Å². The maximum atomic E-state index is 13.3. The first-order chi connectivity index (χ1) is 7.47. The Kier molecular flexibility index (Phi) is 4.28. The molecule has 0 aromatic heterocycles. The molecule has 0 spiro atoms. The lowest BCUT2D eigenvalue weighted by molar-refractivity contribution is 0.0314. The van der Waals surface area contributed by atoms with Gasteiger partial charge in [-0.1, -0.05) is 0 Å². The van der Waals surface area contributed by atoms with Gasteiger partial charge in [0.25, 0.3) is 0 Å². The van der Waals surface area contributed by atoms with Crippen LogP contribution in [-0.2, 0) is 0 Å². The molecule has 0 saturated carbocycles. The van der Waals surface area contributed by atoms with E-state index >= 15 is 0 Å². The Hall–Kier alpha value is -1.11. The number of halogens is 1. The third-order valence-corrected chi connectivity index (χ3v) is 2.49. The largest absolute Gasteiger partial charge is 0.478 e. The predicted molar refractivity (Wildman–Crippen MR) is 58.2 cm³/mol. The van der Waals surface area contributed by atoms with Crippen molar-refractivity contribution in [2.45, 2.75) is 12.2 Å². The topological polar surface area (TPSA) is 77.8 Å². The van der Waals surface area contributed by atoms with Crippen molar-refractivity contribution in [1.29, 1.82) is 0 Å². The smallest absolute Gasteiger partial charge is 0.335 e. The fourth-order valence-corrected chi connectivity index (χ4v) is 1.41. The zero-order valence-electron chi connectivity index (χ0n) is 8.17. The first-order valence-electron chi connectivity index (χ1n) is 4.47. The Labute approximate surface area is 96.8 Å². The highest BCUT2D eigenvalue weighted by molar-refractivity contribution is 7.80. The van der Waals surface area contributed by atoms with E-state index in [0.29, 0.717) is 0 Å². The van der Waals surface area contributed by atoms with Crippen LogP contribution in [0, 0.1) is 5.82 Å². The molecular formula is C10H11FO4S. The zero-order valence-corrected chi connectivity index (χ0v) is 9.06. The minimum Gasteiger partial charge on any atom is -0.478 e. The van der Waals surface area contributed by atoms with Crippen LogP contribution in [0.1, 0.15) is 22.0 Å². The van der Waals surface area contributed by atoms with Gasteiger partial charge < -0.3 is 15.3 Å². The van der Waals surface area contributed by atoms with E-state index in [-0.39, 0.29) is 16.9 Å². The van der Waals surface area contributed by atoms with Gasteiger partial charge in [0.1, 0.15) is 11.9 Å². The van der Waals surface area contributed by atoms with E-state index in [1.807, 2.05) is 0 Å². The molecule has 4 nitrogen and oxygen atoms in total. The van der Waals surface area contributed by atoms with Crippen molar-refractivity contribution in [3.63, 3.8) is 0 Å². The molecule has 0 heterocycles. The lowest BCUT2D eigenvalue weighted by Crippen LogP contribution is -2.21. The Balaban J connectivity index is 3.11. The van der Waals surface area contributed by atoms with Crippen molar-refractivity contribution < 1.29 is 24.5 Å². The summed E-state index contributed by atoms with van der Waals surface area (Å²) in [5.74, 6) is -2.05. The summed E-state index contributed by atoms with van der Waals surface area (Å²) in [7, 11) is 0. The van der Waals surface area contributed by atoms with Gasteiger partial charge in [0.05, 0.1) is 11.7 Å². The number of hydrogen-bond donors (Lipinski definition) is 4. The minimum atomic E-state index is -1.49. The second-order valence-corrected chi connectivity index (χ2v) is 3.60. The van der Waals surface area contributed by atoms with Crippen LogP contribution >= 0.6 is 12.6 Å². The van der Waals surface area contributed by atoms with Gasteiger partial charge >= 0.3 is 5.97 Å². The molecule has 0 aliphatic heterocycles. The molecule has 0 aliphatic carbocycles. The molecule has 6 heteroatoms. The van der Waals surface area contributed by atoms with Gasteiger partial charge in [-0.05, 0) is 18.2 Å². The molecule has 0 amide bonds. The number of hydrogen-bond acceptors (Lipinski definition) is 4. The normalized spacial score (nSPS) is 14.5. The lowest BCUT2D eigenvalue weighted by atomic mass is 10.0. The van der Waals surface area contributed by atoms with Gasteiger partial charge in [0.2, 0.25) is 0 Å². The Bertz CT molecular complexity index is 396. The maximum Gasteiger partial charge on any atom is 0.335 e. The summed E-state index contributed by atoms with van der Waals surface area (Å²) in [5, 5.41) is 27.5. The lowest BCUT2D eigenvalue weighted by Gasteiger charge is -2.17. The second kappa shape index (κ2) is 5.29. The van der Waals surface area contributed by atoms with Crippen LogP contribution in [0.3, 0.4) is 0 Å². The molecule has 88 valence electrons. The second-order valence-electron chi connectivity index (χ2n) is 3.24. The fourth-order valence-electron chi connectivity index (χ4n) is 1.21. The van der Waals surface area contributed by atoms with Crippen LogP contribution in [-0.4, -0.2) is 33.1 Å². The van der Waals surface area contributed by atoms with Gasteiger partial charge in [0.15, 0.2) is 0 Å². The van der Waals surface area contributed by atoms with E-state index in [4.69, 9.17) is 5.11 Å². The molecule has 2 atom stereocenters. The minimum absolute atomic E-state index is 0.0576. The van der Waals surface area contributed by atoms with Crippen LogP contribution in [0.25, 0.3) is 0 Å². The van der Waals surface area contributed by atoms with Gasteiger partial charge in [-0.2, -0.15) is 12.6 Å². The molecule has 1 rings (SSSR count). The van der Waals surface area contributed by atoms with Gasteiger partial charge in [0, 0.05) is 11.3 Å². The Morgan fingerprint density at radius 2 is 2.06 bits per heavy atom. The van der Waals surface area contributed by atoms with Crippen LogP contribution in [0.5, 0.6) is 0 Å². The standard InChI is InChI=1S/C10H11FO4S/c11-7-2-1-5(10(14)15)3-6(7)9(13)8(12)4-16/h1-3,8-9,12-13,16H,4H2,(H,14,15). The van der Waals surface area contributed by atoms with Crippen LogP contribution < -0.4 is 0 Å². The molecule has 3 N–H and O–H groups in total. The number of aliphatic hydroxyl groups excluding tert-OH is 2. The highest BCUT2D eigenvalue weighted by Crippen LogP contribution is 2.22. The van der Waals surface area contributed by atoms with Crippen molar-refractivity contribution in [2.75, 3.05) is 5.75 Å². The molecule has 0 saturated heterocycles. The summed E-state index contributed by atoms with van der Waals surface area (Å²) < 4.78 is 13.3. The number of aromatic carboxylic acids is 1. The van der Waals surface area contributed by atoms with Crippen LogP contribution in [0.2, 0.25) is 0 Å². The van der Waals surface area contributed by atoms with Crippen LogP contribution in [0.4, 0.5) is 4.39 Å². The van der Waals surface area contributed by atoms with Crippen molar-refractivity contribution in [3.8, 4) is 0 Å². The molecule has 0 radical (unpaired) electrons. The first kappa shape index (κ1) is 13.0. The van der Waals surface area contributed by atoms with E-state index in [1.54, 1.807) is 0 Å². The summed E-state index contributed by atoms with van der Waals surface area (Å²) in [6.45, 7) is 0. The Morgan fingerprint density at radius 3 is 2.56 bits per heavy atom. The van der Waals surface area contributed by atoms with Crippen LogP contribution in [0.15, 0.2) is 18.2 Å². The molecule has 1 aromatic carbocycles. The Morgan fingerprint density at radius 1 is 1.44 bits per heavy atom. The van der Waals surface area contributed by atoms with E-state index in [0.717, 1.165) is 18.2 Å². The van der Waals surface area contributed by atoms with Crippen molar-refractivity contribution >= 4 is 18.6 Å². The number of carbonyl (C=O) groups is 1. The van der Waals surface area contributed by atoms with Crippen molar-refractivity contribution in [1.82, 2.24) is 0 Å². The number of carboxylic acid groups (broad SMARTS) is 1. The number of carboxylic acids is 1.